The van der Waals surface area contributed by atoms with Gasteiger partial charge in [0.1, 0.15) is 6.26 Å². The molecule has 6 nitrogen and oxygen atoms in total. The normalized spacial score (nSPS) is 37.5. The molecule has 5 aliphatic rings. The summed E-state index contributed by atoms with van der Waals surface area (Å²) in [4.78, 5) is 5.17. The van der Waals surface area contributed by atoms with Crippen molar-refractivity contribution in [1.29, 1.82) is 0 Å². The smallest absolute Gasteiger partial charge is 0.152 e. The van der Waals surface area contributed by atoms with Crippen LogP contribution in [0.25, 0.3) is 0 Å². The van der Waals surface area contributed by atoms with Crippen molar-refractivity contribution in [3.8, 4) is 0 Å². The molecule has 4 aliphatic heterocycles. The molecule has 5 rings (SSSR count). The SMILES string of the molecule is C1=C(CN(CC2CCCC(CN(CC3CO3)CC3CO3)C2)CC2CO2)O1. The third kappa shape index (κ3) is 5.67. The van der Waals surface area contributed by atoms with E-state index in [-0.39, 0.29) is 0 Å². The number of ether oxygens (including phenoxy) is 4. The summed E-state index contributed by atoms with van der Waals surface area (Å²) in [5, 5.41) is 0. The molecular formula is C20H32N2O4. The minimum Gasteiger partial charge on any atom is -0.461 e. The molecule has 1 saturated carbocycles. The molecule has 0 amide bonds. The second-order valence-electron chi connectivity index (χ2n) is 8.88. The van der Waals surface area contributed by atoms with E-state index >= 15 is 0 Å². The van der Waals surface area contributed by atoms with E-state index in [1.54, 1.807) is 0 Å². The fourth-order valence-electron chi connectivity index (χ4n) is 4.61. The molecule has 6 heteroatoms. The molecule has 0 aromatic heterocycles. The first-order chi connectivity index (χ1) is 12.8. The Morgan fingerprint density at radius 2 is 1.27 bits per heavy atom. The van der Waals surface area contributed by atoms with Crippen molar-refractivity contribution in [3.05, 3.63) is 12.0 Å². The van der Waals surface area contributed by atoms with Gasteiger partial charge in [0, 0.05) is 32.7 Å². The van der Waals surface area contributed by atoms with Crippen LogP contribution in [0.1, 0.15) is 25.7 Å². The highest BCUT2D eigenvalue weighted by Gasteiger charge is 2.34. The Morgan fingerprint density at radius 3 is 1.77 bits per heavy atom. The van der Waals surface area contributed by atoms with Gasteiger partial charge < -0.3 is 18.9 Å². The summed E-state index contributed by atoms with van der Waals surface area (Å²) in [6.45, 7) is 9.46. The second-order valence-corrected chi connectivity index (χ2v) is 8.88. The topological polar surface area (TPSA) is 56.6 Å². The van der Waals surface area contributed by atoms with Crippen molar-refractivity contribution in [2.75, 3.05) is 59.1 Å². The quantitative estimate of drug-likeness (QED) is 0.489. The lowest BCUT2D eigenvalue weighted by atomic mass is 9.80. The summed E-state index contributed by atoms with van der Waals surface area (Å²) >= 11 is 0. The number of nitrogens with zero attached hydrogens (tertiary/aromatic N) is 2. The maximum absolute atomic E-state index is 5.47. The van der Waals surface area contributed by atoms with Crippen LogP contribution in [0, 0.1) is 11.8 Å². The van der Waals surface area contributed by atoms with Crippen LogP contribution in [0.5, 0.6) is 0 Å². The summed E-state index contributed by atoms with van der Waals surface area (Å²) in [6.07, 6.45) is 8.78. The van der Waals surface area contributed by atoms with E-state index in [0.29, 0.717) is 18.3 Å². The van der Waals surface area contributed by atoms with Gasteiger partial charge in [-0.1, -0.05) is 6.42 Å². The Hall–Kier alpha value is -0.660. The highest BCUT2D eigenvalue weighted by molar-refractivity contribution is 5.05. The van der Waals surface area contributed by atoms with Gasteiger partial charge in [0.05, 0.1) is 44.7 Å². The lowest BCUT2D eigenvalue weighted by Crippen LogP contribution is -2.39. The fraction of sp³-hybridized carbons (Fsp3) is 0.900. The van der Waals surface area contributed by atoms with E-state index in [0.717, 1.165) is 63.6 Å². The van der Waals surface area contributed by atoms with E-state index in [1.165, 1.54) is 38.8 Å². The van der Waals surface area contributed by atoms with Gasteiger partial charge in [0.15, 0.2) is 5.76 Å². The fourth-order valence-corrected chi connectivity index (χ4v) is 4.61. The molecule has 4 heterocycles. The highest BCUT2D eigenvalue weighted by Crippen LogP contribution is 2.32. The van der Waals surface area contributed by atoms with Crippen LogP contribution in [0.4, 0.5) is 0 Å². The van der Waals surface area contributed by atoms with Gasteiger partial charge in [-0.15, -0.1) is 0 Å². The molecule has 0 aromatic rings. The third-order valence-electron chi connectivity index (χ3n) is 6.18. The Morgan fingerprint density at radius 1 is 0.769 bits per heavy atom. The van der Waals surface area contributed by atoms with E-state index in [9.17, 15) is 0 Å². The van der Waals surface area contributed by atoms with Crippen LogP contribution >= 0.6 is 0 Å². The molecule has 0 aromatic carbocycles. The van der Waals surface area contributed by atoms with Gasteiger partial charge in [-0.05, 0) is 31.1 Å². The molecule has 146 valence electrons. The molecule has 0 radical (unpaired) electrons. The first kappa shape index (κ1) is 17.4. The van der Waals surface area contributed by atoms with Gasteiger partial charge in [-0.3, -0.25) is 9.80 Å². The average molecular weight is 364 g/mol. The predicted molar refractivity (Wildman–Crippen MR) is 96.7 cm³/mol. The molecule has 0 bridgehead atoms. The van der Waals surface area contributed by atoms with Crippen molar-refractivity contribution in [2.45, 2.75) is 44.0 Å². The van der Waals surface area contributed by atoms with Crippen molar-refractivity contribution in [1.82, 2.24) is 9.80 Å². The number of rotatable bonds is 12. The van der Waals surface area contributed by atoms with Crippen molar-refractivity contribution < 1.29 is 18.9 Å². The Balaban J connectivity index is 1.11. The molecule has 1 aliphatic carbocycles. The maximum Gasteiger partial charge on any atom is 0.152 e. The van der Waals surface area contributed by atoms with Crippen LogP contribution in [-0.4, -0.2) is 87.2 Å². The van der Waals surface area contributed by atoms with E-state index < -0.39 is 0 Å². The average Bonchev–Trinajstić information content (AvgIpc) is 3.40. The van der Waals surface area contributed by atoms with E-state index in [4.69, 9.17) is 18.9 Å². The molecule has 26 heavy (non-hydrogen) atoms. The van der Waals surface area contributed by atoms with E-state index in [1.807, 2.05) is 6.26 Å². The predicted octanol–water partition coefficient (Wildman–Crippen LogP) is 1.46. The molecule has 3 saturated heterocycles. The van der Waals surface area contributed by atoms with Crippen LogP contribution in [0.3, 0.4) is 0 Å². The monoisotopic (exact) mass is 364 g/mol. The molecule has 0 spiro atoms. The summed E-state index contributed by atoms with van der Waals surface area (Å²) in [5.74, 6) is 2.77. The first-order valence-electron chi connectivity index (χ1n) is 10.5. The summed E-state index contributed by atoms with van der Waals surface area (Å²) in [7, 11) is 0. The molecule has 4 fully saturated rings. The van der Waals surface area contributed by atoms with E-state index in [2.05, 4.69) is 9.80 Å². The minimum atomic E-state index is 0.460. The summed E-state index contributed by atoms with van der Waals surface area (Å²) in [6, 6.07) is 0. The van der Waals surface area contributed by atoms with Crippen LogP contribution in [0.2, 0.25) is 0 Å². The van der Waals surface area contributed by atoms with Gasteiger partial charge >= 0.3 is 0 Å². The van der Waals surface area contributed by atoms with Crippen molar-refractivity contribution in [2.24, 2.45) is 11.8 Å². The lowest BCUT2D eigenvalue weighted by molar-refractivity contribution is 0.131. The zero-order valence-electron chi connectivity index (χ0n) is 15.7. The number of epoxide rings is 3. The standard InChI is InChI=1S/C20H32N2O4/c1-2-15(5-21(7-17-11-23-17)8-18-12-24-18)4-16(3-1)6-22(9-19-13-25-19)10-20-14-26-20/h11,15-16,18-20H,1-10,12-14H2. The van der Waals surface area contributed by atoms with Gasteiger partial charge in [0.2, 0.25) is 0 Å². The lowest BCUT2D eigenvalue weighted by Gasteiger charge is -2.35. The first-order valence-corrected chi connectivity index (χ1v) is 10.5. The molecule has 5 atom stereocenters. The molecular weight excluding hydrogens is 332 g/mol. The number of hydrogen-bond acceptors (Lipinski definition) is 6. The maximum atomic E-state index is 5.47. The zero-order chi connectivity index (χ0) is 17.3. The summed E-state index contributed by atoms with van der Waals surface area (Å²) < 4.78 is 21.7. The largest absolute Gasteiger partial charge is 0.461 e. The summed E-state index contributed by atoms with van der Waals surface area (Å²) in [5.41, 5.74) is 0. The van der Waals surface area contributed by atoms with Crippen LogP contribution in [0.15, 0.2) is 12.0 Å². The van der Waals surface area contributed by atoms with Crippen LogP contribution in [-0.2, 0) is 18.9 Å². The Bertz CT molecular complexity index is 502. The van der Waals surface area contributed by atoms with Gasteiger partial charge in [-0.2, -0.15) is 0 Å². The van der Waals surface area contributed by atoms with Crippen molar-refractivity contribution in [3.63, 3.8) is 0 Å². The number of hydrogen-bond donors (Lipinski definition) is 0. The Kier molecular flexibility index (Phi) is 5.20. The highest BCUT2D eigenvalue weighted by atomic mass is 16.6. The third-order valence-corrected chi connectivity index (χ3v) is 6.18. The zero-order valence-corrected chi connectivity index (χ0v) is 15.7. The van der Waals surface area contributed by atoms with Crippen molar-refractivity contribution >= 4 is 0 Å². The van der Waals surface area contributed by atoms with Gasteiger partial charge in [0.25, 0.3) is 0 Å². The molecule has 0 N–H and O–H groups in total. The Labute approximate surface area is 156 Å². The second kappa shape index (κ2) is 7.76. The van der Waals surface area contributed by atoms with Crippen LogP contribution < -0.4 is 0 Å². The minimum absolute atomic E-state index is 0.460. The molecule has 5 unspecified atom stereocenters. The van der Waals surface area contributed by atoms with Gasteiger partial charge in [-0.25, -0.2) is 0 Å².